The van der Waals surface area contributed by atoms with Crippen LogP contribution in [-0.2, 0) is 40.1 Å². The van der Waals surface area contributed by atoms with Gasteiger partial charge in [0.25, 0.3) is 0 Å². The Hall–Kier alpha value is -16.4. The van der Waals surface area contributed by atoms with E-state index in [1.54, 1.807) is 0 Å². The van der Waals surface area contributed by atoms with Crippen LogP contribution < -0.4 is 4.74 Å². The molecule has 0 radical (unpaired) electrons. The van der Waals surface area contributed by atoms with Crippen LogP contribution in [0.5, 0.6) is 5.75 Å². The van der Waals surface area contributed by atoms with Gasteiger partial charge in [0.05, 0.1) is 11.4 Å². The summed E-state index contributed by atoms with van der Waals surface area (Å²) in [5.41, 5.74) is 31.5. The lowest BCUT2D eigenvalue weighted by Crippen LogP contribution is -2.52. The van der Waals surface area contributed by atoms with Crippen molar-refractivity contribution in [1.29, 1.82) is 0 Å². The summed E-state index contributed by atoms with van der Waals surface area (Å²) in [4.78, 5) is 137. The summed E-state index contributed by atoms with van der Waals surface area (Å²) in [6, 6.07) is 65.9. The molecule has 688 valence electrons. The Morgan fingerprint density at radius 1 is 0.309 bits per heavy atom. The smallest absolute Gasteiger partial charge is 0.199 e. The van der Waals surface area contributed by atoms with Crippen LogP contribution in [0, 0.1) is 25.7 Å². The van der Waals surface area contributed by atoms with E-state index in [9.17, 15) is 14.5 Å². The van der Waals surface area contributed by atoms with E-state index in [0.29, 0.717) is 122 Å². The summed E-state index contributed by atoms with van der Waals surface area (Å²) in [6.07, 6.45) is 5.66. The molecule has 26 nitrogen and oxygen atoms in total. The fourth-order valence-corrected chi connectivity index (χ4v) is 21.1. The third kappa shape index (κ3) is 15.3. The summed E-state index contributed by atoms with van der Waals surface area (Å²) in [6.45, 7) is 25.4. The van der Waals surface area contributed by atoms with E-state index in [2.05, 4.69) is 184 Å². The average Bonchev–Trinajstić information content (AvgIpc) is 1.63. The predicted octanol–water partition coefficient (Wildman–Crippen LogP) is 26.0. The number of H-pyrrole nitrogens is 6. The first-order chi connectivity index (χ1) is 67.9. The number of hydrogen-bond acceptors (Lipinski definition) is 20. The highest BCUT2D eigenvalue weighted by atomic mass is 16.7. The van der Waals surface area contributed by atoms with Gasteiger partial charge in [-0.1, -0.05) is 237 Å². The van der Waals surface area contributed by atoms with Gasteiger partial charge in [-0.3, -0.25) is 9.59 Å². The number of ketones is 2. The Bertz CT molecular complexity index is 8420. The van der Waals surface area contributed by atoms with E-state index < -0.39 is 11.7 Å². The van der Waals surface area contributed by atoms with E-state index in [1.165, 1.54) is 22.3 Å². The lowest BCUT2D eigenvalue weighted by atomic mass is 9.81. The maximum Gasteiger partial charge on any atom is 0.199 e. The van der Waals surface area contributed by atoms with Crippen molar-refractivity contribution >= 4 is 144 Å². The molecule has 7 aliphatic rings. The number of benzene rings is 8. The van der Waals surface area contributed by atoms with Crippen molar-refractivity contribution in [1.82, 2.24) is 99.7 Å². The van der Waals surface area contributed by atoms with E-state index in [-0.39, 0.29) is 43.7 Å². The summed E-state index contributed by atoms with van der Waals surface area (Å²) >= 11 is 0. The first kappa shape index (κ1) is 87.9. The number of aryl methyl sites for hydroxylation is 7. The lowest BCUT2D eigenvalue weighted by molar-refractivity contribution is -0.158. The largest absolute Gasteiger partial charge is 0.474 e. The van der Waals surface area contributed by atoms with Crippen molar-refractivity contribution in [2.75, 3.05) is 0 Å². The lowest BCUT2D eigenvalue weighted by Gasteiger charge is -2.37. The Balaban J connectivity index is 0.000000122. The molecule has 24 rings (SSSR count). The first-order valence-electron chi connectivity index (χ1n) is 48.3. The van der Waals surface area contributed by atoms with Crippen LogP contribution in [0.4, 0.5) is 0 Å². The van der Waals surface area contributed by atoms with Crippen molar-refractivity contribution in [3.8, 4) is 96.9 Å². The van der Waals surface area contributed by atoms with Gasteiger partial charge >= 0.3 is 0 Å². The molecule has 6 N–H and O–H groups in total. The van der Waals surface area contributed by atoms with Gasteiger partial charge in [-0.25, -0.2) is 69.8 Å². The van der Waals surface area contributed by atoms with Gasteiger partial charge in [-0.2, -0.15) is 0 Å². The number of aromatic amines is 6. The first-order valence-corrected chi connectivity index (χ1v) is 48.3. The van der Waals surface area contributed by atoms with Crippen LogP contribution in [0.15, 0.2) is 199 Å². The van der Waals surface area contributed by atoms with E-state index in [0.717, 1.165) is 199 Å². The molecule has 26 heteroatoms. The third-order valence-corrected chi connectivity index (χ3v) is 28.0. The number of fused-ring (bicyclic) bond motifs is 48. The number of nitrogens with one attached hydrogen (secondary N) is 6. The van der Waals surface area contributed by atoms with Crippen molar-refractivity contribution in [2.45, 2.75) is 178 Å². The van der Waals surface area contributed by atoms with Crippen LogP contribution in [0.3, 0.4) is 0 Å². The number of ether oxygens (including phenoxy) is 1. The zero-order valence-corrected chi connectivity index (χ0v) is 79.5. The van der Waals surface area contributed by atoms with Gasteiger partial charge in [0, 0.05) is 135 Å². The molecule has 17 aromatic rings. The fraction of sp³-hybridized carbons (Fsp3) is 0.239. The van der Waals surface area contributed by atoms with Crippen molar-refractivity contribution < 1.29 is 19.2 Å². The molecule has 15 heterocycles. The summed E-state index contributed by atoms with van der Waals surface area (Å²) in [7, 11) is 0. The molecule has 1 saturated carbocycles. The predicted molar refractivity (Wildman–Crippen MR) is 552 cm³/mol. The van der Waals surface area contributed by atoms with E-state index in [1.807, 2.05) is 128 Å². The van der Waals surface area contributed by atoms with Gasteiger partial charge in [0.15, 0.2) is 75.2 Å². The zero-order valence-electron chi connectivity index (χ0n) is 79.5. The molecule has 2 unspecified atom stereocenters. The second kappa shape index (κ2) is 35.7. The van der Waals surface area contributed by atoms with Crippen LogP contribution in [-0.4, -0.2) is 123 Å². The summed E-state index contributed by atoms with van der Waals surface area (Å²) in [5, 5.41) is 10.5. The number of allylic oxidation sites excluding steroid dienone is 4. The van der Waals surface area contributed by atoms with Gasteiger partial charge in [0.2, 0.25) is 0 Å². The number of rotatable bonds is 13. The number of carbonyl (C=O) groups is 2. The minimum Gasteiger partial charge on any atom is -0.474 e. The molecular weight excluding hydrogens is 1730 g/mol. The maximum absolute atomic E-state index is 14.3. The molecule has 1 aliphatic carbocycles. The number of aromatic nitrogens is 20. The van der Waals surface area contributed by atoms with Crippen LogP contribution in [0.1, 0.15) is 182 Å². The number of hydrogen-bond donors (Lipinski definition) is 6. The van der Waals surface area contributed by atoms with Crippen LogP contribution in [0.25, 0.3) is 224 Å². The third-order valence-electron chi connectivity index (χ3n) is 28.0. The summed E-state index contributed by atoms with van der Waals surface area (Å²) < 4.78 is 7.14. The van der Waals surface area contributed by atoms with Crippen molar-refractivity contribution in [3.05, 3.63) is 261 Å². The normalized spacial score (nSPS) is 14.9. The number of Topliss-reactive ketones (excluding diaryl/α,β-unsaturated/α-hetero) is 2. The highest BCUT2D eigenvalue weighted by Crippen LogP contribution is 2.49. The standard InChI is InChI=1S/C46H59N5O5.C34H22N8.C33H20N8/c1-10-27-29(12-3)37-24-39-31(14-5)33(16-7)42(49-39)44(55-45-41(53)20-19-26(52)21-22-46(45,18-9)56-51-54)43-34(17-8)32(15-6)40(50-43)25-38-30(13-4)28(11-2)36(48-38)23-35(27)47-37;1-17-11-13-23-25(15-17)33-39-29-21-9-5-3-7-19(21)28(35-29)38-32-24-14-12-18(2)16-26(24)34(42-32)40-30-22-10-6-4-8-20(22)27(36-30)37-31(23)41-33;1-17-14-15-24-25(16-17)33-40-31-23-13-7-6-12-22(23)29(38-31)36-27-19-9-3-2-8-18(19)26(34-27)35-28-20-10-4-5-11-21(20)30(37-28)39-32(24)41-33/h23-25,45,47-48H,10-22H2,1-9H3;3-16H,1-2H3,(H2,35,36,37,38,39,40,41,42);2-16H,1H3,(H2,34,35,36,37,38,39,40,41). The zero-order chi connectivity index (χ0) is 95.3. The summed E-state index contributed by atoms with van der Waals surface area (Å²) in [5.74, 6) is 4.85. The minimum absolute atomic E-state index is 0.0240. The van der Waals surface area contributed by atoms with E-state index >= 15 is 0 Å². The number of nitrogens with zero attached hydrogens (tertiary/aromatic N) is 15. The molecule has 0 saturated heterocycles. The topological polar surface area (TPSA) is 357 Å². The molecule has 0 spiro atoms. The van der Waals surface area contributed by atoms with Gasteiger partial charge < -0.3 is 39.5 Å². The fourth-order valence-electron chi connectivity index (χ4n) is 21.1. The molecular formula is C113H101N21O5. The maximum atomic E-state index is 14.3. The van der Waals surface area contributed by atoms with Crippen LogP contribution in [0.2, 0.25) is 0 Å². The molecule has 6 aliphatic heterocycles. The SMILES string of the molecule is CCC1=C(CC)c2nc1cc1[nH]c(cc3[nH]c(cc4nc(c2OC2C(=O)CCC(=O)CCC2(CC)ON=O)C(CC)=C4CC)c(CC)c3CC)c(CC)c1CC.Cc1ccc2c(c1)-c1nc-2nc2[nH]c(nc3nc(nc4[nH]c(n1)c1ccccc41)-c1ccc(C)cc1-3)c1ccccc21.Cc1ccc2c(c1)-c1nc-2nc2[nH]c(nc3nc(nc4[nH]c(n1)c1ccccc41)-c1ccccc1-3)c1ccccc21. The van der Waals surface area contributed by atoms with Gasteiger partial charge in [-0.05, 0) is 160 Å². The average molecular weight is 1830 g/mol. The van der Waals surface area contributed by atoms with Crippen LogP contribution >= 0.6 is 0 Å². The molecule has 0 amide bonds. The Morgan fingerprint density at radius 2 is 0.597 bits per heavy atom. The monoisotopic (exact) mass is 1830 g/mol. The second-order valence-electron chi connectivity index (χ2n) is 36.2. The Morgan fingerprint density at radius 3 is 0.885 bits per heavy atom. The van der Waals surface area contributed by atoms with Crippen molar-refractivity contribution in [2.24, 2.45) is 5.34 Å². The molecule has 1 fully saturated rings. The van der Waals surface area contributed by atoms with E-state index in [4.69, 9.17) is 79.4 Å². The minimum atomic E-state index is -1.45. The molecule has 24 bridgehead atoms. The Labute approximate surface area is 799 Å². The molecule has 139 heavy (non-hydrogen) atoms. The highest BCUT2D eigenvalue weighted by Gasteiger charge is 2.50. The quantitative estimate of drug-likeness (QED) is 0.0461. The van der Waals surface area contributed by atoms with Crippen molar-refractivity contribution in [3.63, 3.8) is 0 Å². The van der Waals surface area contributed by atoms with Gasteiger partial charge in [-0.15, -0.1) is 4.91 Å². The second-order valence-corrected chi connectivity index (χ2v) is 36.2. The molecule has 8 aromatic carbocycles. The number of carbonyl (C=O) groups excluding carboxylic acids is 2. The highest BCUT2D eigenvalue weighted by molar-refractivity contribution is 6.10. The van der Waals surface area contributed by atoms with Gasteiger partial charge in [0.1, 0.15) is 62.3 Å². The Kier molecular flexibility index (Phi) is 22.6. The molecule has 2 atom stereocenters. The molecule has 9 aromatic heterocycles.